The first-order valence-corrected chi connectivity index (χ1v) is 14.1. The first-order valence-electron chi connectivity index (χ1n) is 13.3. The molecule has 2 saturated carbocycles. The molecular formula is C28H31F2N5O3S. The predicted octanol–water partition coefficient (Wildman–Crippen LogP) is 4.64. The van der Waals surface area contributed by atoms with Gasteiger partial charge in [-0.05, 0) is 73.4 Å². The van der Waals surface area contributed by atoms with E-state index in [4.69, 9.17) is 4.98 Å². The van der Waals surface area contributed by atoms with Crippen LogP contribution < -0.4 is 10.6 Å². The Morgan fingerprint density at radius 2 is 2.05 bits per heavy atom. The lowest BCUT2D eigenvalue weighted by molar-refractivity contribution is -0.125. The number of carbonyl (C=O) groups is 2. The van der Waals surface area contributed by atoms with Crippen molar-refractivity contribution in [3.63, 3.8) is 0 Å². The second-order valence-electron chi connectivity index (χ2n) is 11.1. The lowest BCUT2D eigenvalue weighted by Gasteiger charge is -2.46. The number of rotatable bonds is 8. The number of amides is 2. The van der Waals surface area contributed by atoms with Crippen LogP contribution in [-0.2, 0) is 11.3 Å². The highest BCUT2D eigenvalue weighted by Crippen LogP contribution is 2.55. The maximum atomic E-state index is 13.1. The van der Waals surface area contributed by atoms with Crippen LogP contribution in [0.5, 0.6) is 0 Å². The number of carbonyl (C=O) groups excluding carboxylic acids is 2. The Bertz CT molecular complexity index is 1420. The average molecular weight is 556 g/mol. The SMILES string of the molecule is C=CC(=O)N1CCC2(CC(n3c(NC(=O)c4ccc(C(F)F)s4)nc4cc(CNC5CC(O)C5)ccc43)C2)C1. The van der Waals surface area contributed by atoms with Crippen molar-refractivity contribution in [3.8, 4) is 0 Å². The van der Waals surface area contributed by atoms with Gasteiger partial charge in [0.1, 0.15) is 0 Å². The van der Waals surface area contributed by atoms with E-state index in [0.717, 1.165) is 60.0 Å². The molecule has 0 bridgehead atoms. The van der Waals surface area contributed by atoms with Gasteiger partial charge in [-0.15, -0.1) is 11.3 Å². The van der Waals surface area contributed by atoms with Crippen LogP contribution in [0, 0.1) is 5.41 Å². The summed E-state index contributed by atoms with van der Waals surface area (Å²) in [6, 6.07) is 9.13. The fourth-order valence-corrected chi connectivity index (χ4v) is 6.95. The lowest BCUT2D eigenvalue weighted by Crippen LogP contribution is -2.43. The van der Waals surface area contributed by atoms with Crippen LogP contribution in [0.25, 0.3) is 11.0 Å². The Balaban J connectivity index is 1.25. The number of imidazole rings is 1. The highest BCUT2D eigenvalue weighted by molar-refractivity contribution is 7.14. The maximum Gasteiger partial charge on any atom is 0.272 e. The molecule has 1 saturated heterocycles. The number of aliphatic hydroxyl groups is 1. The van der Waals surface area contributed by atoms with Gasteiger partial charge in [0.15, 0.2) is 0 Å². The zero-order valence-electron chi connectivity index (χ0n) is 21.4. The van der Waals surface area contributed by atoms with E-state index in [0.29, 0.717) is 31.6 Å². The van der Waals surface area contributed by atoms with Crippen LogP contribution in [0.1, 0.15) is 64.7 Å². The van der Waals surface area contributed by atoms with E-state index in [2.05, 4.69) is 21.8 Å². The number of likely N-dealkylation sites (tertiary alicyclic amines) is 1. The number of benzene rings is 1. The summed E-state index contributed by atoms with van der Waals surface area (Å²) in [5.41, 5.74) is 2.72. The molecule has 3 aromatic rings. The monoisotopic (exact) mass is 555 g/mol. The summed E-state index contributed by atoms with van der Waals surface area (Å²) < 4.78 is 28.2. The Morgan fingerprint density at radius 1 is 1.26 bits per heavy atom. The van der Waals surface area contributed by atoms with Gasteiger partial charge in [-0.2, -0.15) is 0 Å². The maximum absolute atomic E-state index is 13.1. The van der Waals surface area contributed by atoms with Crippen molar-refractivity contribution >= 4 is 40.1 Å². The average Bonchev–Trinajstić information content (AvgIpc) is 3.61. The summed E-state index contributed by atoms with van der Waals surface area (Å²) in [7, 11) is 0. The number of hydrogen-bond donors (Lipinski definition) is 3. The molecular weight excluding hydrogens is 524 g/mol. The van der Waals surface area contributed by atoms with Gasteiger partial charge >= 0.3 is 0 Å². The van der Waals surface area contributed by atoms with Crippen LogP contribution in [0.15, 0.2) is 43.0 Å². The van der Waals surface area contributed by atoms with Gasteiger partial charge in [0.25, 0.3) is 12.3 Å². The van der Waals surface area contributed by atoms with Crippen LogP contribution >= 0.6 is 11.3 Å². The number of aromatic nitrogens is 2. The zero-order chi connectivity index (χ0) is 27.3. The van der Waals surface area contributed by atoms with E-state index in [1.54, 1.807) is 0 Å². The van der Waals surface area contributed by atoms with Crippen LogP contribution in [-0.4, -0.2) is 56.6 Å². The van der Waals surface area contributed by atoms with Crippen molar-refractivity contribution in [2.45, 2.75) is 63.3 Å². The van der Waals surface area contributed by atoms with Crippen molar-refractivity contribution < 1.29 is 23.5 Å². The second-order valence-corrected chi connectivity index (χ2v) is 12.2. The minimum absolute atomic E-state index is 0.0400. The molecule has 206 valence electrons. The number of halogens is 2. The molecule has 1 aliphatic heterocycles. The number of nitrogens with one attached hydrogen (secondary N) is 2. The van der Waals surface area contributed by atoms with Crippen molar-refractivity contribution in [2.75, 3.05) is 18.4 Å². The molecule has 0 unspecified atom stereocenters. The molecule has 1 spiro atoms. The Hall–Kier alpha value is -3.15. The third-order valence-electron chi connectivity index (χ3n) is 8.38. The van der Waals surface area contributed by atoms with Crippen LogP contribution in [0.3, 0.4) is 0 Å². The summed E-state index contributed by atoms with van der Waals surface area (Å²) in [6.45, 7) is 5.66. The van der Waals surface area contributed by atoms with Crippen LogP contribution in [0.4, 0.5) is 14.7 Å². The van der Waals surface area contributed by atoms with Gasteiger partial charge in [-0.1, -0.05) is 12.6 Å². The number of alkyl halides is 2. The molecule has 0 radical (unpaired) electrons. The Kier molecular flexibility index (Phi) is 6.76. The largest absolute Gasteiger partial charge is 0.393 e. The molecule has 3 heterocycles. The molecule has 3 fully saturated rings. The van der Waals surface area contributed by atoms with Gasteiger partial charge in [0.2, 0.25) is 11.9 Å². The van der Waals surface area contributed by atoms with Crippen molar-refractivity contribution in [2.24, 2.45) is 5.41 Å². The first kappa shape index (κ1) is 26.1. The standard InChI is InChI=1S/C28H31F2N5O3S/c1-2-24(37)34-8-7-28(15-34)12-18(13-28)35-21-4-3-16(14-31-17-10-19(36)11-17)9-20(21)32-27(35)33-26(38)23-6-5-22(39-23)25(29)30/h2-6,9,17-19,25,31,36H,1,7-8,10-15H2,(H,32,33,38). The number of fused-ring (bicyclic) bond motifs is 1. The molecule has 3 N–H and O–H groups in total. The number of aliphatic hydroxyl groups excluding tert-OH is 1. The lowest BCUT2D eigenvalue weighted by atomic mass is 9.64. The van der Waals surface area contributed by atoms with Gasteiger partial charge in [-0.25, -0.2) is 13.8 Å². The molecule has 2 aliphatic carbocycles. The van der Waals surface area contributed by atoms with E-state index in [1.807, 2.05) is 23.1 Å². The van der Waals surface area contributed by atoms with E-state index in [-0.39, 0.29) is 33.2 Å². The molecule has 2 amide bonds. The van der Waals surface area contributed by atoms with Crippen molar-refractivity contribution in [1.29, 1.82) is 0 Å². The Morgan fingerprint density at radius 3 is 2.74 bits per heavy atom. The van der Waals surface area contributed by atoms with Crippen molar-refractivity contribution in [3.05, 3.63) is 58.3 Å². The molecule has 8 nitrogen and oxygen atoms in total. The number of thiophene rings is 1. The summed E-state index contributed by atoms with van der Waals surface area (Å²) in [5, 5.41) is 15.9. The van der Waals surface area contributed by atoms with E-state index < -0.39 is 12.3 Å². The minimum Gasteiger partial charge on any atom is -0.393 e. The first-order chi connectivity index (χ1) is 18.7. The molecule has 0 atom stereocenters. The molecule has 2 aromatic heterocycles. The van der Waals surface area contributed by atoms with E-state index >= 15 is 0 Å². The van der Waals surface area contributed by atoms with Gasteiger partial charge in [0, 0.05) is 31.7 Å². The Labute approximate surface area is 228 Å². The highest BCUT2D eigenvalue weighted by atomic mass is 32.1. The third kappa shape index (κ3) is 4.99. The molecule has 3 aliphatic rings. The summed E-state index contributed by atoms with van der Waals surface area (Å²) in [5.74, 6) is -0.120. The van der Waals surface area contributed by atoms with Crippen molar-refractivity contribution in [1.82, 2.24) is 19.8 Å². The fraction of sp³-hybridized carbons (Fsp3) is 0.464. The van der Waals surface area contributed by atoms with E-state index in [9.17, 15) is 23.5 Å². The zero-order valence-corrected chi connectivity index (χ0v) is 22.2. The number of anilines is 1. The quantitative estimate of drug-likeness (QED) is 0.352. The summed E-state index contributed by atoms with van der Waals surface area (Å²) in [4.78, 5) is 31.8. The molecule has 11 heteroatoms. The minimum atomic E-state index is -2.62. The van der Waals surface area contributed by atoms with Gasteiger partial charge < -0.3 is 19.9 Å². The fourth-order valence-electron chi connectivity index (χ4n) is 6.19. The molecule has 1 aromatic carbocycles. The van der Waals surface area contributed by atoms with Gasteiger partial charge in [-0.3, -0.25) is 14.9 Å². The number of nitrogens with zero attached hydrogens (tertiary/aromatic N) is 3. The topological polar surface area (TPSA) is 99.5 Å². The highest BCUT2D eigenvalue weighted by Gasteiger charge is 2.50. The van der Waals surface area contributed by atoms with Crippen LogP contribution in [0.2, 0.25) is 0 Å². The normalized spacial score (nSPS) is 26.2. The number of hydrogen-bond acceptors (Lipinski definition) is 6. The summed E-state index contributed by atoms with van der Waals surface area (Å²) >= 11 is 0.778. The second kappa shape index (κ2) is 10.1. The third-order valence-corrected chi connectivity index (χ3v) is 9.47. The smallest absolute Gasteiger partial charge is 0.272 e. The summed E-state index contributed by atoms with van der Waals surface area (Å²) in [6.07, 6.45) is 2.64. The van der Waals surface area contributed by atoms with Gasteiger partial charge in [0.05, 0.1) is 26.9 Å². The molecule has 6 rings (SSSR count). The predicted molar refractivity (Wildman–Crippen MR) is 145 cm³/mol. The molecule has 39 heavy (non-hydrogen) atoms. The van der Waals surface area contributed by atoms with E-state index in [1.165, 1.54) is 18.2 Å².